The third kappa shape index (κ3) is 22.8. The molecule has 7 nitrogen and oxygen atoms in total. The second-order valence-corrected chi connectivity index (χ2v) is 14.4. The fourth-order valence-corrected chi connectivity index (χ4v) is 6.33. The lowest BCUT2D eigenvalue weighted by Gasteiger charge is -2.24. The molecule has 1 heterocycles. The van der Waals surface area contributed by atoms with Crippen LogP contribution in [0, 0.1) is 0 Å². The van der Waals surface area contributed by atoms with Crippen LogP contribution in [-0.2, 0) is 19.1 Å². The number of hydrogen-bond donors (Lipinski definition) is 0. The van der Waals surface area contributed by atoms with Crippen LogP contribution >= 0.6 is 11.8 Å². The fraction of sp³-hybridized carbons (Fsp3) is 0.914. The molecule has 0 aliphatic carbocycles. The highest BCUT2D eigenvalue weighted by Gasteiger charge is 2.20. The second-order valence-electron chi connectivity index (χ2n) is 13.3. The van der Waals surface area contributed by atoms with Crippen molar-refractivity contribution in [2.45, 2.75) is 168 Å². The number of carbonyl (C=O) groups is 3. The zero-order chi connectivity index (χ0) is 31.8. The van der Waals surface area contributed by atoms with Gasteiger partial charge >= 0.3 is 11.9 Å². The molecule has 1 aliphatic rings. The summed E-state index contributed by atoms with van der Waals surface area (Å²) < 4.78 is 11.4. The van der Waals surface area contributed by atoms with Crippen LogP contribution < -0.4 is 0 Å². The average Bonchev–Trinajstić information content (AvgIpc) is 3.46. The molecule has 0 bridgehead atoms. The highest BCUT2D eigenvalue weighted by molar-refractivity contribution is 8.13. The van der Waals surface area contributed by atoms with Gasteiger partial charge in [-0.2, -0.15) is 0 Å². The minimum atomic E-state index is -0.513. The first-order valence-corrected chi connectivity index (χ1v) is 18.7. The normalized spacial score (nSPS) is 13.9. The zero-order valence-electron chi connectivity index (χ0n) is 28.6. The quantitative estimate of drug-likeness (QED) is 0.0739. The number of rotatable bonds is 25. The van der Waals surface area contributed by atoms with E-state index in [0.717, 1.165) is 44.4 Å². The van der Waals surface area contributed by atoms with Crippen molar-refractivity contribution < 1.29 is 23.9 Å². The highest BCUT2D eigenvalue weighted by Crippen LogP contribution is 2.19. The van der Waals surface area contributed by atoms with Gasteiger partial charge in [0.2, 0.25) is 0 Å². The number of thioether (sulfide) groups is 1. The van der Waals surface area contributed by atoms with Gasteiger partial charge in [0.25, 0.3) is 5.24 Å². The Balaban J connectivity index is 2.55. The number of amides is 1. The molecule has 0 radical (unpaired) electrons. The summed E-state index contributed by atoms with van der Waals surface area (Å²) in [4.78, 5) is 42.5. The minimum absolute atomic E-state index is 0.00785. The Morgan fingerprint density at radius 2 is 1.28 bits per heavy atom. The standard InChI is InChI=1S/C35H66N2O5S/c1-6-8-10-12-14-21-31(22-15-13-11-9-7-2)41-32(38)23-18-28-37(29-19-24-33(39)42-35(3,4)5)34(40)43-30-20-27-36-25-16-17-26-36/h31H,6-30H2,1-5H3. The summed E-state index contributed by atoms with van der Waals surface area (Å²) in [6.07, 6.45) is 19.3. The van der Waals surface area contributed by atoms with E-state index in [4.69, 9.17) is 9.47 Å². The summed E-state index contributed by atoms with van der Waals surface area (Å²) in [7, 11) is 0. The van der Waals surface area contributed by atoms with Crippen molar-refractivity contribution in [1.82, 2.24) is 9.80 Å². The molecule has 0 N–H and O–H groups in total. The van der Waals surface area contributed by atoms with E-state index in [1.807, 2.05) is 25.7 Å². The Morgan fingerprint density at radius 1 is 0.744 bits per heavy atom. The smallest absolute Gasteiger partial charge is 0.306 e. The number of carbonyl (C=O) groups excluding carboxylic acids is 3. The van der Waals surface area contributed by atoms with Crippen LogP contribution in [0.3, 0.4) is 0 Å². The van der Waals surface area contributed by atoms with Crippen molar-refractivity contribution in [3.05, 3.63) is 0 Å². The highest BCUT2D eigenvalue weighted by atomic mass is 32.2. The molecule has 1 fully saturated rings. The van der Waals surface area contributed by atoms with E-state index in [0.29, 0.717) is 32.4 Å². The molecule has 0 aromatic carbocycles. The second kappa shape index (κ2) is 25.0. The van der Waals surface area contributed by atoms with E-state index in [2.05, 4.69) is 18.7 Å². The van der Waals surface area contributed by atoms with Gasteiger partial charge in [-0.05, 0) is 98.2 Å². The van der Waals surface area contributed by atoms with Crippen LogP contribution in [0.4, 0.5) is 4.79 Å². The van der Waals surface area contributed by atoms with Gasteiger partial charge in [-0.1, -0.05) is 77.0 Å². The first-order chi connectivity index (χ1) is 20.6. The van der Waals surface area contributed by atoms with Gasteiger partial charge < -0.3 is 19.3 Å². The number of unbranched alkanes of at least 4 members (excludes halogenated alkanes) is 8. The molecule has 1 aliphatic heterocycles. The summed E-state index contributed by atoms with van der Waals surface area (Å²) in [5.74, 6) is 0.404. The number of nitrogens with zero attached hydrogens (tertiary/aromatic N) is 2. The van der Waals surface area contributed by atoms with E-state index in [9.17, 15) is 14.4 Å². The Kier molecular flexibility index (Phi) is 23.1. The van der Waals surface area contributed by atoms with E-state index in [1.165, 1.54) is 89.1 Å². The van der Waals surface area contributed by atoms with Crippen molar-refractivity contribution >= 4 is 28.9 Å². The number of ether oxygens (including phenoxy) is 2. The van der Waals surface area contributed by atoms with Gasteiger partial charge in [0.05, 0.1) is 0 Å². The SMILES string of the molecule is CCCCCCCC(CCCCCCC)OC(=O)CCCN(CCCC(=O)OC(C)(C)C)C(=O)SCCCN1CCCC1. The first-order valence-electron chi connectivity index (χ1n) is 17.7. The predicted octanol–water partition coefficient (Wildman–Crippen LogP) is 9.16. The molecule has 0 spiro atoms. The molecule has 1 rings (SSSR count). The summed E-state index contributed by atoms with van der Waals surface area (Å²) in [6, 6.07) is 0. The molecular weight excluding hydrogens is 560 g/mol. The third-order valence-electron chi connectivity index (χ3n) is 7.90. The fourth-order valence-electron chi connectivity index (χ4n) is 5.52. The van der Waals surface area contributed by atoms with Crippen molar-refractivity contribution in [2.24, 2.45) is 0 Å². The van der Waals surface area contributed by atoms with Gasteiger partial charge in [0.1, 0.15) is 11.7 Å². The molecule has 1 amide bonds. The van der Waals surface area contributed by atoms with Crippen LogP contribution in [0.15, 0.2) is 0 Å². The maximum absolute atomic E-state index is 13.1. The zero-order valence-corrected chi connectivity index (χ0v) is 29.4. The van der Waals surface area contributed by atoms with Gasteiger partial charge in [-0.15, -0.1) is 0 Å². The van der Waals surface area contributed by atoms with E-state index in [-0.39, 0.29) is 29.7 Å². The van der Waals surface area contributed by atoms with E-state index < -0.39 is 5.60 Å². The van der Waals surface area contributed by atoms with Gasteiger partial charge in [-0.25, -0.2) is 0 Å². The number of esters is 2. The van der Waals surface area contributed by atoms with Crippen LogP contribution in [0.5, 0.6) is 0 Å². The summed E-state index contributed by atoms with van der Waals surface area (Å²) in [6.45, 7) is 14.4. The van der Waals surface area contributed by atoms with Crippen LogP contribution in [0.25, 0.3) is 0 Å². The van der Waals surface area contributed by atoms with Gasteiger partial charge in [0.15, 0.2) is 0 Å². The maximum atomic E-state index is 13.1. The topological polar surface area (TPSA) is 76.1 Å². The lowest BCUT2D eigenvalue weighted by Crippen LogP contribution is -2.32. The lowest BCUT2D eigenvalue weighted by atomic mass is 10.0. The number of hydrogen-bond acceptors (Lipinski definition) is 7. The van der Waals surface area contributed by atoms with Gasteiger partial charge in [-0.3, -0.25) is 14.4 Å². The molecule has 0 atom stereocenters. The first kappa shape index (κ1) is 39.7. The molecular formula is C35H66N2O5S. The van der Waals surface area contributed by atoms with E-state index in [1.54, 1.807) is 0 Å². The monoisotopic (exact) mass is 626 g/mol. The minimum Gasteiger partial charge on any atom is -0.462 e. The van der Waals surface area contributed by atoms with Crippen LogP contribution in [0.1, 0.15) is 157 Å². The Labute approximate surface area is 268 Å². The molecule has 0 unspecified atom stereocenters. The molecule has 8 heteroatoms. The van der Waals surface area contributed by atoms with Crippen molar-refractivity contribution in [3.63, 3.8) is 0 Å². The summed E-state index contributed by atoms with van der Waals surface area (Å²) >= 11 is 1.36. The van der Waals surface area contributed by atoms with Crippen molar-refractivity contribution in [1.29, 1.82) is 0 Å². The van der Waals surface area contributed by atoms with Gasteiger partial charge in [0, 0.05) is 31.7 Å². The largest absolute Gasteiger partial charge is 0.462 e. The molecule has 0 aromatic rings. The number of likely N-dealkylation sites (tertiary alicyclic amines) is 1. The van der Waals surface area contributed by atoms with Crippen LogP contribution in [-0.4, -0.2) is 77.2 Å². The summed E-state index contributed by atoms with van der Waals surface area (Å²) in [5, 5.41) is 0.0380. The van der Waals surface area contributed by atoms with Crippen molar-refractivity contribution in [2.75, 3.05) is 38.5 Å². The average molecular weight is 627 g/mol. The molecule has 1 saturated heterocycles. The van der Waals surface area contributed by atoms with Crippen LogP contribution in [0.2, 0.25) is 0 Å². The van der Waals surface area contributed by atoms with Crippen molar-refractivity contribution in [3.8, 4) is 0 Å². The Hall–Kier alpha value is -1.28. The molecule has 252 valence electrons. The molecule has 43 heavy (non-hydrogen) atoms. The molecule has 0 saturated carbocycles. The maximum Gasteiger partial charge on any atom is 0.306 e. The predicted molar refractivity (Wildman–Crippen MR) is 181 cm³/mol. The lowest BCUT2D eigenvalue weighted by molar-refractivity contribution is -0.155. The Bertz CT molecular complexity index is 722. The Morgan fingerprint density at radius 3 is 1.81 bits per heavy atom. The summed E-state index contributed by atoms with van der Waals surface area (Å²) in [5.41, 5.74) is -0.513. The molecule has 0 aromatic heterocycles. The van der Waals surface area contributed by atoms with E-state index >= 15 is 0 Å². The third-order valence-corrected chi connectivity index (χ3v) is 8.89.